The quantitative estimate of drug-likeness (QED) is 0.580. The van der Waals surface area contributed by atoms with Crippen molar-refractivity contribution in [2.24, 2.45) is 5.73 Å². The van der Waals surface area contributed by atoms with Crippen molar-refractivity contribution < 1.29 is 18.0 Å². The van der Waals surface area contributed by atoms with Gasteiger partial charge in [0.05, 0.1) is 11.3 Å². The van der Waals surface area contributed by atoms with E-state index in [9.17, 15) is 18.0 Å². The molecule has 0 bridgehead atoms. The van der Waals surface area contributed by atoms with Gasteiger partial charge in [0.25, 0.3) is 0 Å². The van der Waals surface area contributed by atoms with E-state index in [2.05, 4.69) is 26.0 Å². The van der Waals surface area contributed by atoms with Gasteiger partial charge in [0, 0.05) is 23.1 Å². The topological polar surface area (TPSA) is 118 Å². The molecule has 26 heavy (non-hydrogen) atoms. The second-order valence-electron chi connectivity index (χ2n) is 5.49. The van der Waals surface area contributed by atoms with Crippen molar-refractivity contribution in [3.8, 4) is 0 Å². The molecule has 0 unspecified atom stereocenters. The molecular formula is C17H18BrN3O4S. The van der Waals surface area contributed by atoms with Crippen molar-refractivity contribution in [2.45, 2.75) is 17.7 Å². The third kappa shape index (κ3) is 6.25. The second kappa shape index (κ2) is 8.93. The molecule has 0 radical (unpaired) electrons. The van der Waals surface area contributed by atoms with E-state index in [4.69, 9.17) is 5.73 Å². The molecule has 4 N–H and O–H groups in total. The first-order chi connectivity index (χ1) is 12.3. The van der Waals surface area contributed by atoms with Crippen LogP contribution in [0.4, 0.5) is 5.69 Å². The Bertz CT molecular complexity index is 881. The van der Waals surface area contributed by atoms with Crippen LogP contribution in [0.25, 0.3) is 0 Å². The van der Waals surface area contributed by atoms with E-state index >= 15 is 0 Å². The number of rotatable bonds is 8. The third-order valence-electron chi connectivity index (χ3n) is 3.38. The summed E-state index contributed by atoms with van der Waals surface area (Å²) in [7, 11) is -3.66. The highest BCUT2D eigenvalue weighted by Gasteiger charge is 2.14. The Hall–Kier alpha value is -2.23. The number of amides is 2. The summed E-state index contributed by atoms with van der Waals surface area (Å²) < 4.78 is 27.4. The molecule has 0 fully saturated rings. The minimum atomic E-state index is -3.66. The highest BCUT2D eigenvalue weighted by Crippen LogP contribution is 2.14. The molecule has 0 aliphatic heterocycles. The molecule has 0 aliphatic carbocycles. The fourth-order valence-corrected chi connectivity index (χ4v) is 3.42. The molecule has 2 aromatic carbocycles. The molecule has 0 spiro atoms. The lowest BCUT2D eigenvalue weighted by atomic mass is 10.1. The van der Waals surface area contributed by atoms with E-state index < -0.39 is 15.9 Å². The number of carbonyl (C=O) groups excluding carboxylic acids is 2. The normalized spacial score (nSPS) is 11.1. The van der Waals surface area contributed by atoms with Gasteiger partial charge in [-0.1, -0.05) is 28.1 Å². The predicted octanol–water partition coefficient (Wildman–Crippen LogP) is 1.78. The zero-order valence-electron chi connectivity index (χ0n) is 13.7. The van der Waals surface area contributed by atoms with E-state index in [-0.39, 0.29) is 30.2 Å². The summed E-state index contributed by atoms with van der Waals surface area (Å²) >= 11 is 3.24. The molecule has 0 heterocycles. The Morgan fingerprint density at radius 1 is 1.00 bits per heavy atom. The Balaban J connectivity index is 1.83. The Morgan fingerprint density at radius 2 is 1.62 bits per heavy atom. The van der Waals surface area contributed by atoms with Crippen molar-refractivity contribution in [1.29, 1.82) is 0 Å². The second-order valence-corrected chi connectivity index (χ2v) is 8.17. The first kappa shape index (κ1) is 20.1. The van der Waals surface area contributed by atoms with Crippen LogP contribution in [0.1, 0.15) is 12.0 Å². The van der Waals surface area contributed by atoms with Crippen LogP contribution in [0.3, 0.4) is 0 Å². The smallest absolute Gasteiger partial charge is 0.240 e. The first-order valence-corrected chi connectivity index (χ1v) is 9.96. The lowest BCUT2D eigenvalue weighted by Crippen LogP contribution is -2.27. The molecule has 0 aliphatic rings. The number of nitrogens with one attached hydrogen (secondary N) is 2. The minimum absolute atomic E-state index is 0.0151. The summed E-state index contributed by atoms with van der Waals surface area (Å²) in [5.41, 5.74) is 6.42. The number of primary amides is 1. The van der Waals surface area contributed by atoms with E-state index in [0.29, 0.717) is 5.69 Å². The average molecular weight is 440 g/mol. The Labute approximate surface area is 160 Å². The van der Waals surface area contributed by atoms with E-state index in [0.717, 1.165) is 10.0 Å². The first-order valence-electron chi connectivity index (χ1n) is 7.68. The van der Waals surface area contributed by atoms with E-state index in [1.54, 1.807) is 36.4 Å². The summed E-state index contributed by atoms with van der Waals surface area (Å²) in [5, 5.41) is 2.66. The van der Waals surface area contributed by atoms with E-state index in [1.807, 2.05) is 0 Å². The minimum Gasteiger partial charge on any atom is -0.369 e. The molecule has 0 aromatic heterocycles. The maximum absolute atomic E-state index is 12.1. The molecule has 138 valence electrons. The third-order valence-corrected chi connectivity index (χ3v) is 5.39. The van der Waals surface area contributed by atoms with Crippen LogP contribution < -0.4 is 15.8 Å². The maximum Gasteiger partial charge on any atom is 0.240 e. The van der Waals surface area contributed by atoms with Crippen LogP contribution in [0.2, 0.25) is 0 Å². The monoisotopic (exact) mass is 439 g/mol. The van der Waals surface area contributed by atoms with Crippen molar-refractivity contribution in [3.63, 3.8) is 0 Å². The summed E-state index contributed by atoms with van der Waals surface area (Å²) in [6.07, 6.45) is 0.116. The molecule has 2 amide bonds. The van der Waals surface area contributed by atoms with Crippen LogP contribution in [-0.2, 0) is 26.0 Å². The van der Waals surface area contributed by atoms with Crippen molar-refractivity contribution in [2.75, 3.05) is 11.9 Å². The van der Waals surface area contributed by atoms with E-state index in [1.165, 1.54) is 12.1 Å². The van der Waals surface area contributed by atoms with Gasteiger partial charge < -0.3 is 11.1 Å². The predicted molar refractivity (Wildman–Crippen MR) is 102 cm³/mol. The number of hydrogen-bond acceptors (Lipinski definition) is 4. The Kier molecular flexibility index (Phi) is 6.90. The lowest BCUT2D eigenvalue weighted by molar-refractivity contribution is -0.117. The van der Waals surface area contributed by atoms with Gasteiger partial charge in [0.15, 0.2) is 0 Å². The van der Waals surface area contributed by atoms with Gasteiger partial charge in [0.2, 0.25) is 21.8 Å². The number of nitrogens with two attached hydrogens (primary N) is 1. The molecule has 0 saturated carbocycles. The van der Waals surface area contributed by atoms with Crippen LogP contribution in [0, 0.1) is 0 Å². The van der Waals surface area contributed by atoms with Crippen molar-refractivity contribution in [3.05, 3.63) is 58.6 Å². The SMILES string of the molecule is NC(=O)Cc1ccc(NC(=O)CCNS(=O)(=O)c2ccc(Br)cc2)cc1. The standard InChI is InChI=1S/C17H18BrN3O4S/c18-13-3-7-15(8-4-13)26(24,25)20-10-9-17(23)21-14-5-1-12(2-6-14)11-16(19)22/h1-8,20H,9-11H2,(H2,19,22)(H,21,23). The summed E-state index contributed by atoms with van der Waals surface area (Å²) in [5.74, 6) is -0.758. The lowest BCUT2D eigenvalue weighted by Gasteiger charge is -2.08. The number of benzene rings is 2. The largest absolute Gasteiger partial charge is 0.369 e. The van der Waals surface area contributed by atoms with Gasteiger partial charge in [-0.3, -0.25) is 9.59 Å². The number of hydrogen-bond donors (Lipinski definition) is 3. The van der Waals surface area contributed by atoms with Gasteiger partial charge in [-0.25, -0.2) is 13.1 Å². The molecule has 0 saturated heterocycles. The van der Waals surface area contributed by atoms with Gasteiger partial charge in [-0.15, -0.1) is 0 Å². The maximum atomic E-state index is 12.1. The fourth-order valence-electron chi connectivity index (χ4n) is 2.13. The zero-order chi connectivity index (χ0) is 19.2. The van der Waals surface area contributed by atoms with Crippen LogP contribution in [0.5, 0.6) is 0 Å². The van der Waals surface area contributed by atoms with Gasteiger partial charge in [0.1, 0.15) is 0 Å². The van der Waals surface area contributed by atoms with Crippen LogP contribution >= 0.6 is 15.9 Å². The van der Waals surface area contributed by atoms with Gasteiger partial charge in [-0.2, -0.15) is 0 Å². The van der Waals surface area contributed by atoms with Gasteiger partial charge >= 0.3 is 0 Å². The molecular weight excluding hydrogens is 422 g/mol. The van der Waals surface area contributed by atoms with Crippen LogP contribution in [-0.4, -0.2) is 26.8 Å². The summed E-state index contributed by atoms with van der Waals surface area (Å²) in [6.45, 7) is -0.0238. The molecule has 9 heteroatoms. The number of sulfonamides is 1. The molecule has 7 nitrogen and oxygen atoms in total. The highest BCUT2D eigenvalue weighted by atomic mass is 79.9. The molecule has 0 atom stereocenters. The molecule has 2 rings (SSSR count). The van der Waals surface area contributed by atoms with Crippen LogP contribution in [0.15, 0.2) is 57.9 Å². The number of halogens is 1. The summed E-state index contributed by atoms with van der Waals surface area (Å²) in [4.78, 5) is 22.9. The number of anilines is 1. The van der Waals surface area contributed by atoms with Gasteiger partial charge in [-0.05, 0) is 42.0 Å². The Morgan fingerprint density at radius 3 is 2.19 bits per heavy atom. The number of carbonyl (C=O) groups is 2. The summed E-state index contributed by atoms with van der Waals surface area (Å²) in [6, 6.07) is 12.9. The average Bonchev–Trinajstić information content (AvgIpc) is 2.56. The fraction of sp³-hybridized carbons (Fsp3) is 0.176. The van der Waals surface area contributed by atoms with Crippen molar-refractivity contribution >= 4 is 43.5 Å². The molecule has 2 aromatic rings. The zero-order valence-corrected chi connectivity index (χ0v) is 16.1. The van der Waals surface area contributed by atoms with Crippen molar-refractivity contribution in [1.82, 2.24) is 4.72 Å². The highest BCUT2D eigenvalue weighted by molar-refractivity contribution is 9.10.